The Bertz CT molecular complexity index is 558. The van der Waals surface area contributed by atoms with Crippen molar-refractivity contribution in [2.24, 2.45) is 0 Å². The maximum Gasteiger partial charge on any atom is 0.257 e. The summed E-state index contributed by atoms with van der Waals surface area (Å²) < 4.78 is 1.72. The largest absolute Gasteiger partial charge is 0.336 e. The van der Waals surface area contributed by atoms with Crippen molar-refractivity contribution in [2.45, 2.75) is 6.04 Å². The fraction of sp³-hybridized carbons (Fsp3) is 0.333. The van der Waals surface area contributed by atoms with Crippen LogP contribution in [0.15, 0.2) is 30.6 Å². The van der Waals surface area contributed by atoms with Crippen molar-refractivity contribution in [3.05, 3.63) is 36.2 Å². The SMILES string of the molecule is CN(C(=O)c1cnn2ccccc12)C1CNC1. The molecule has 5 heteroatoms. The standard InChI is InChI=1S/C12H14N4O/c1-15(9-6-13-7-9)12(17)10-8-14-16-5-3-2-4-11(10)16/h2-5,8-9,13H,6-7H2,1H3. The third-order valence-electron chi connectivity index (χ3n) is 3.28. The highest BCUT2D eigenvalue weighted by molar-refractivity contribution is 6.00. The number of fused-ring (bicyclic) bond motifs is 1. The van der Waals surface area contributed by atoms with Crippen molar-refractivity contribution in [3.63, 3.8) is 0 Å². The lowest BCUT2D eigenvalue weighted by Crippen LogP contribution is -2.57. The smallest absolute Gasteiger partial charge is 0.257 e. The lowest BCUT2D eigenvalue weighted by atomic mass is 10.1. The highest BCUT2D eigenvalue weighted by Crippen LogP contribution is 2.14. The van der Waals surface area contributed by atoms with Crippen molar-refractivity contribution in [1.29, 1.82) is 0 Å². The van der Waals surface area contributed by atoms with Gasteiger partial charge in [0.2, 0.25) is 0 Å². The first-order valence-corrected chi connectivity index (χ1v) is 5.67. The van der Waals surface area contributed by atoms with Gasteiger partial charge in [-0.25, -0.2) is 4.52 Å². The molecule has 0 atom stereocenters. The average molecular weight is 230 g/mol. The first-order valence-electron chi connectivity index (χ1n) is 5.67. The van der Waals surface area contributed by atoms with Gasteiger partial charge in [-0.05, 0) is 12.1 Å². The van der Waals surface area contributed by atoms with Gasteiger partial charge in [-0.1, -0.05) is 6.07 Å². The summed E-state index contributed by atoms with van der Waals surface area (Å²) in [5.74, 6) is 0.0395. The Morgan fingerprint density at radius 1 is 1.53 bits per heavy atom. The Hall–Kier alpha value is -1.88. The minimum absolute atomic E-state index is 0.0395. The van der Waals surface area contributed by atoms with E-state index in [1.54, 1.807) is 15.6 Å². The van der Waals surface area contributed by atoms with Crippen LogP contribution in [-0.2, 0) is 0 Å². The highest BCUT2D eigenvalue weighted by atomic mass is 16.2. The second kappa shape index (κ2) is 3.85. The molecule has 0 bridgehead atoms. The van der Waals surface area contributed by atoms with E-state index in [9.17, 15) is 4.79 Å². The molecule has 0 unspecified atom stereocenters. The number of likely N-dealkylation sites (N-methyl/N-ethyl adjacent to an activating group) is 1. The van der Waals surface area contributed by atoms with E-state index in [-0.39, 0.29) is 5.91 Å². The van der Waals surface area contributed by atoms with Gasteiger partial charge in [-0.3, -0.25) is 4.79 Å². The summed E-state index contributed by atoms with van der Waals surface area (Å²) in [4.78, 5) is 14.1. The zero-order valence-electron chi connectivity index (χ0n) is 9.63. The maximum atomic E-state index is 12.3. The minimum atomic E-state index is 0.0395. The van der Waals surface area contributed by atoms with Crippen LogP contribution in [-0.4, -0.2) is 46.6 Å². The lowest BCUT2D eigenvalue weighted by molar-refractivity contribution is 0.0683. The molecule has 1 aliphatic rings. The van der Waals surface area contributed by atoms with Crippen LogP contribution in [0, 0.1) is 0 Å². The Kier molecular flexibility index (Phi) is 2.33. The molecule has 5 nitrogen and oxygen atoms in total. The summed E-state index contributed by atoms with van der Waals surface area (Å²) in [6.45, 7) is 1.75. The molecule has 1 aliphatic heterocycles. The van der Waals surface area contributed by atoms with Gasteiger partial charge < -0.3 is 10.2 Å². The molecule has 3 rings (SSSR count). The number of nitrogens with one attached hydrogen (secondary N) is 1. The molecule has 1 fully saturated rings. The number of amides is 1. The molecule has 0 aromatic carbocycles. The molecule has 0 spiro atoms. The lowest BCUT2D eigenvalue weighted by Gasteiger charge is -2.35. The zero-order chi connectivity index (χ0) is 11.8. The summed E-state index contributed by atoms with van der Waals surface area (Å²) in [5, 5.41) is 7.34. The van der Waals surface area contributed by atoms with E-state index in [1.807, 2.05) is 31.4 Å². The number of hydrogen-bond donors (Lipinski definition) is 1. The van der Waals surface area contributed by atoms with Crippen LogP contribution in [0.2, 0.25) is 0 Å². The van der Waals surface area contributed by atoms with Crippen LogP contribution < -0.4 is 5.32 Å². The number of carbonyl (C=O) groups excluding carboxylic acids is 1. The summed E-state index contributed by atoms with van der Waals surface area (Å²) in [7, 11) is 1.85. The highest BCUT2D eigenvalue weighted by Gasteiger charge is 2.27. The Morgan fingerprint density at radius 2 is 2.35 bits per heavy atom. The predicted octanol–water partition coefficient (Wildman–Crippen LogP) is 0.378. The van der Waals surface area contributed by atoms with Crippen LogP contribution in [0.3, 0.4) is 0 Å². The van der Waals surface area contributed by atoms with Crippen LogP contribution in [0.1, 0.15) is 10.4 Å². The average Bonchev–Trinajstić information content (AvgIpc) is 2.69. The topological polar surface area (TPSA) is 49.6 Å². The van der Waals surface area contributed by atoms with E-state index in [2.05, 4.69) is 10.4 Å². The zero-order valence-corrected chi connectivity index (χ0v) is 9.63. The van der Waals surface area contributed by atoms with Gasteiger partial charge in [-0.15, -0.1) is 0 Å². The number of rotatable bonds is 2. The molecule has 0 aliphatic carbocycles. The van der Waals surface area contributed by atoms with Gasteiger partial charge in [0, 0.05) is 26.3 Å². The Labute approximate surface area is 99.0 Å². The molecular weight excluding hydrogens is 216 g/mol. The van der Waals surface area contributed by atoms with Gasteiger partial charge in [0.1, 0.15) is 0 Å². The van der Waals surface area contributed by atoms with E-state index < -0.39 is 0 Å². The van der Waals surface area contributed by atoms with Crippen molar-refractivity contribution in [1.82, 2.24) is 19.8 Å². The molecule has 0 radical (unpaired) electrons. The van der Waals surface area contributed by atoms with E-state index in [1.165, 1.54) is 0 Å². The van der Waals surface area contributed by atoms with Crippen LogP contribution in [0.5, 0.6) is 0 Å². The van der Waals surface area contributed by atoms with Crippen LogP contribution >= 0.6 is 0 Å². The third-order valence-corrected chi connectivity index (χ3v) is 3.28. The maximum absolute atomic E-state index is 12.3. The number of aromatic nitrogens is 2. The normalized spacial score (nSPS) is 15.8. The predicted molar refractivity (Wildman–Crippen MR) is 63.9 cm³/mol. The van der Waals surface area contributed by atoms with Gasteiger partial charge >= 0.3 is 0 Å². The minimum Gasteiger partial charge on any atom is -0.336 e. The molecule has 2 aromatic heterocycles. The first kappa shape index (κ1) is 10.3. The monoisotopic (exact) mass is 230 g/mol. The summed E-state index contributed by atoms with van der Waals surface area (Å²) in [6.07, 6.45) is 3.48. The fourth-order valence-corrected chi connectivity index (χ4v) is 2.00. The van der Waals surface area contributed by atoms with Crippen LogP contribution in [0.25, 0.3) is 5.52 Å². The Balaban J connectivity index is 1.95. The number of pyridine rings is 1. The van der Waals surface area contributed by atoms with Crippen molar-refractivity contribution >= 4 is 11.4 Å². The third kappa shape index (κ3) is 1.59. The summed E-state index contributed by atoms with van der Waals surface area (Å²) in [5.41, 5.74) is 1.52. The second-order valence-corrected chi connectivity index (χ2v) is 4.32. The summed E-state index contributed by atoms with van der Waals surface area (Å²) >= 11 is 0. The van der Waals surface area contributed by atoms with E-state index >= 15 is 0 Å². The molecule has 88 valence electrons. The molecule has 0 saturated carbocycles. The van der Waals surface area contributed by atoms with E-state index in [0.29, 0.717) is 11.6 Å². The van der Waals surface area contributed by atoms with Crippen molar-refractivity contribution in [3.8, 4) is 0 Å². The molecule has 1 saturated heterocycles. The van der Waals surface area contributed by atoms with E-state index in [4.69, 9.17) is 0 Å². The molecule has 2 aromatic rings. The Morgan fingerprint density at radius 3 is 3.06 bits per heavy atom. The molecule has 17 heavy (non-hydrogen) atoms. The second-order valence-electron chi connectivity index (χ2n) is 4.32. The fourth-order valence-electron chi connectivity index (χ4n) is 2.00. The van der Waals surface area contributed by atoms with Gasteiger partial charge in [-0.2, -0.15) is 5.10 Å². The van der Waals surface area contributed by atoms with Crippen molar-refractivity contribution < 1.29 is 4.79 Å². The molecule has 1 amide bonds. The van der Waals surface area contributed by atoms with Crippen molar-refractivity contribution in [2.75, 3.05) is 20.1 Å². The molecule has 3 heterocycles. The first-order chi connectivity index (χ1) is 8.27. The summed E-state index contributed by atoms with van der Waals surface area (Å²) in [6, 6.07) is 6.03. The van der Waals surface area contributed by atoms with Gasteiger partial charge in [0.15, 0.2) is 0 Å². The number of hydrogen-bond acceptors (Lipinski definition) is 3. The van der Waals surface area contributed by atoms with E-state index in [0.717, 1.165) is 18.6 Å². The molecular formula is C12H14N4O. The quantitative estimate of drug-likeness (QED) is 0.811. The van der Waals surface area contributed by atoms with Crippen LogP contribution in [0.4, 0.5) is 0 Å². The molecule has 1 N–H and O–H groups in total. The number of carbonyl (C=O) groups is 1. The number of nitrogens with zero attached hydrogens (tertiary/aromatic N) is 3. The van der Waals surface area contributed by atoms with Gasteiger partial charge in [0.25, 0.3) is 5.91 Å². The van der Waals surface area contributed by atoms with Gasteiger partial charge in [0.05, 0.1) is 23.3 Å².